The molecule has 0 bridgehead atoms. The Bertz CT molecular complexity index is 283. The molecule has 4 heteroatoms. The lowest BCUT2D eigenvalue weighted by atomic mass is 9.91. The number of hydrogen-bond acceptors (Lipinski definition) is 4. The van der Waals surface area contributed by atoms with E-state index >= 15 is 0 Å². The Morgan fingerprint density at radius 2 is 2.06 bits per heavy atom. The number of ketones is 1. The number of Topliss-reactive ketones (excluding diaryl/α,β-unsaturated/α-hetero) is 1. The first kappa shape index (κ1) is 12.7. The fourth-order valence-electron chi connectivity index (χ4n) is 1.81. The van der Waals surface area contributed by atoms with Crippen LogP contribution in [0.3, 0.4) is 0 Å². The van der Waals surface area contributed by atoms with Crippen LogP contribution in [0.25, 0.3) is 0 Å². The molecule has 1 aliphatic carbocycles. The first-order valence-electron chi connectivity index (χ1n) is 5.55. The Morgan fingerprint density at radius 3 is 2.69 bits per heavy atom. The minimum atomic E-state index is -0.654. The van der Waals surface area contributed by atoms with Crippen molar-refractivity contribution in [1.82, 2.24) is 0 Å². The van der Waals surface area contributed by atoms with Gasteiger partial charge in [0.25, 0.3) is 0 Å². The summed E-state index contributed by atoms with van der Waals surface area (Å²) in [5.74, 6) is 0.354. The van der Waals surface area contributed by atoms with Gasteiger partial charge in [-0.15, -0.1) is 0 Å². The summed E-state index contributed by atoms with van der Waals surface area (Å²) in [7, 11) is 1.29. The van der Waals surface area contributed by atoms with Gasteiger partial charge < -0.3 is 9.47 Å². The van der Waals surface area contributed by atoms with E-state index in [0.717, 1.165) is 25.7 Å². The summed E-state index contributed by atoms with van der Waals surface area (Å²) in [6.07, 6.45) is 6.10. The molecule has 0 fully saturated rings. The highest BCUT2D eigenvalue weighted by atomic mass is 16.7. The molecule has 0 spiro atoms. The van der Waals surface area contributed by atoms with Gasteiger partial charge in [-0.25, -0.2) is 4.79 Å². The van der Waals surface area contributed by atoms with Crippen LogP contribution < -0.4 is 0 Å². The van der Waals surface area contributed by atoms with Gasteiger partial charge in [-0.3, -0.25) is 4.79 Å². The third-order valence-electron chi connectivity index (χ3n) is 2.80. The van der Waals surface area contributed by atoms with Crippen LogP contribution in [0.2, 0.25) is 0 Å². The van der Waals surface area contributed by atoms with Crippen molar-refractivity contribution in [3.8, 4) is 0 Å². The third kappa shape index (κ3) is 4.04. The van der Waals surface area contributed by atoms with E-state index < -0.39 is 6.16 Å². The summed E-state index contributed by atoms with van der Waals surface area (Å²) in [4.78, 5) is 22.1. The maximum Gasteiger partial charge on any atom is 0.508 e. The van der Waals surface area contributed by atoms with Crippen LogP contribution >= 0.6 is 0 Å². The fourth-order valence-corrected chi connectivity index (χ4v) is 1.81. The Morgan fingerprint density at radius 1 is 1.31 bits per heavy atom. The second kappa shape index (κ2) is 6.30. The minimum Gasteiger partial charge on any atom is -0.438 e. The van der Waals surface area contributed by atoms with Gasteiger partial charge in [0, 0.05) is 5.92 Å². The van der Waals surface area contributed by atoms with Crippen molar-refractivity contribution in [2.45, 2.75) is 38.7 Å². The van der Waals surface area contributed by atoms with E-state index in [-0.39, 0.29) is 17.8 Å². The molecule has 0 aliphatic heterocycles. The van der Waals surface area contributed by atoms with Crippen molar-refractivity contribution in [2.24, 2.45) is 5.92 Å². The van der Waals surface area contributed by atoms with Crippen molar-refractivity contribution in [2.75, 3.05) is 7.11 Å². The highest BCUT2D eigenvalue weighted by Gasteiger charge is 2.18. The van der Waals surface area contributed by atoms with Crippen LogP contribution in [0.1, 0.15) is 32.6 Å². The lowest BCUT2D eigenvalue weighted by molar-refractivity contribution is -0.120. The van der Waals surface area contributed by atoms with Gasteiger partial charge in [0.2, 0.25) is 0 Å². The molecule has 0 N–H and O–H groups in total. The molecule has 2 unspecified atom stereocenters. The van der Waals surface area contributed by atoms with E-state index in [2.05, 4.69) is 4.74 Å². The molecule has 0 amide bonds. The lowest BCUT2D eigenvalue weighted by Crippen LogP contribution is -2.19. The van der Waals surface area contributed by atoms with Crippen molar-refractivity contribution in [3.63, 3.8) is 0 Å². The lowest BCUT2D eigenvalue weighted by Gasteiger charge is -2.18. The highest BCUT2D eigenvalue weighted by Crippen LogP contribution is 2.20. The number of allylic oxidation sites excluding steroid dienone is 1. The van der Waals surface area contributed by atoms with Gasteiger partial charge in [-0.1, -0.05) is 6.08 Å². The van der Waals surface area contributed by atoms with E-state index in [1.165, 1.54) is 7.11 Å². The van der Waals surface area contributed by atoms with Gasteiger partial charge >= 0.3 is 6.16 Å². The predicted molar refractivity (Wildman–Crippen MR) is 59.1 cm³/mol. The minimum absolute atomic E-state index is 0.121. The molecule has 0 saturated carbocycles. The van der Waals surface area contributed by atoms with E-state index in [1.54, 1.807) is 6.92 Å². The fraction of sp³-hybridized carbons (Fsp3) is 0.667. The molecule has 4 nitrogen and oxygen atoms in total. The molecule has 0 radical (unpaired) electrons. The highest BCUT2D eigenvalue weighted by molar-refractivity contribution is 5.78. The molecular weight excluding hydrogens is 208 g/mol. The zero-order valence-electron chi connectivity index (χ0n) is 9.77. The predicted octanol–water partition coefficient (Wildman–Crippen LogP) is 2.47. The van der Waals surface area contributed by atoms with Crippen LogP contribution in [-0.2, 0) is 14.3 Å². The number of ether oxygens (including phenoxy) is 2. The third-order valence-corrected chi connectivity index (χ3v) is 2.80. The molecular formula is C12H18O4. The smallest absolute Gasteiger partial charge is 0.438 e. The Balaban J connectivity index is 2.48. The maximum atomic E-state index is 11.2. The largest absolute Gasteiger partial charge is 0.508 e. The molecule has 0 aromatic rings. The van der Waals surface area contributed by atoms with Crippen LogP contribution in [0.5, 0.6) is 0 Å². The van der Waals surface area contributed by atoms with Crippen LogP contribution in [-0.4, -0.2) is 25.2 Å². The Hall–Kier alpha value is -1.32. The van der Waals surface area contributed by atoms with Gasteiger partial charge in [0.15, 0.2) is 0 Å². The normalized spacial score (nSPS) is 27.4. The molecule has 0 heterocycles. The van der Waals surface area contributed by atoms with E-state index in [9.17, 15) is 9.59 Å². The number of methoxy groups -OCH3 is 1. The number of hydrogen-bond donors (Lipinski definition) is 0. The zero-order valence-corrected chi connectivity index (χ0v) is 9.77. The van der Waals surface area contributed by atoms with E-state index in [0.29, 0.717) is 0 Å². The molecule has 16 heavy (non-hydrogen) atoms. The van der Waals surface area contributed by atoms with Crippen LogP contribution in [0.4, 0.5) is 4.79 Å². The van der Waals surface area contributed by atoms with Crippen molar-refractivity contribution in [3.05, 3.63) is 12.2 Å². The first-order valence-corrected chi connectivity index (χ1v) is 5.55. The van der Waals surface area contributed by atoms with Crippen molar-refractivity contribution in [1.29, 1.82) is 0 Å². The van der Waals surface area contributed by atoms with E-state index in [4.69, 9.17) is 4.74 Å². The summed E-state index contributed by atoms with van der Waals surface area (Å²) in [6, 6.07) is 0. The quantitative estimate of drug-likeness (QED) is 0.536. The number of rotatable bonds is 2. The Labute approximate surface area is 95.6 Å². The molecule has 2 atom stereocenters. The topological polar surface area (TPSA) is 52.6 Å². The Kier molecular flexibility index (Phi) is 5.02. The maximum absolute atomic E-state index is 11.2. The summed E-state index contributed by atoms with van der Waals surface area (Å²) in [5.41, 5.74) is 0. The molecule has 0 aromatic carbocycles. The van der Waals surface area contributed by atoms with E-state index in [1.807, 2.05) is 12.2 Å². The first-order chi connectivity index (χ1) is 7.63. The SMILES string of the molecule is COC(=O)OC1/C=C/CC(C(C)=O)CCC1. The molecule has 90 valence electrons. The summed E-state index contributed by atoms with van der Waals surface area (Å²) < 4.78 is 9.47. The van der Waals surface area contributed by atoms with Gasteiger partial charge in [-0.2, -0.15) is 0 Å². The van der Waals surface area contributed by atoms with Gasteiger partial charge in [0.1, 0.15) is 11.9 Å². The molecule has 1 rings (SSSR count). The van der Waals surface area contributed by atoms with Crippen molar-refractivity contribution >= 4 is 11.9 Å². The van der Waals surface area contributed by atoms with Crippen LogP contribution in [0.15, 0.2) is 12.2 Å². The average molecular weight is 226 g/mol. The summed E-state index contributed by atoms with van der Waals surface area (Å²) >= 11 is 0. The number of carbonyl (C=O) groups is 2. The van der Waals surface area contributed by atoms with Gasteiger partial charge in [-0.05, 0) is 38.7 Å². The monoisotopic (exact) mass is 226 g/mol. The van der Waals surface area contributed by atoms with Gasteiger partial charge in [0.05, 0.1) is 7.11 Å². The average Bonchev–Trinajstić information content (AvgIpc) is 2.21. The molecule has 1 aliphatic rings. The number of carbonyl (C=O) groups excluding carboxylic acids is 2. The second-order valence-electron chi connectivity index (χ2n) is 4.01. The zero-order chi connectivity index (χ0) is 12.0. The standard InChI is InChI=1S/C12H18O4/c1-9(13)10-5-3-7-11(8-4-6-10)16-12(14)15-2/h3,7,10-11H,4-6,8H2,1-2H3/b7-3+. The molecule has 0 aromatic heterocycles. The molecule has 0 saturated heterocycles. The second-order valence-corrected chi connectivity index (χ2v) is 4.01. The summed E-state index contributed by atoms with van der Waals surface area (Å²) in [6.45, 7) is 1.63. The summed E-state index contributed by atoms with van der Waals surface area (Å²) in [5, 5.41) is 0. The van der Waals surface area contributed by atoms with Crippen LogP contribution in [0, 0.1) is 5.92 Å². The van der Waals surface area contributed by atoms with Crippen molar-refractivity contribution < 1.29 is 19.1 Å².